The third-order valence-electron chi connectivity index (χ3n) is 2.73. The second kappa shape index (κ2) is 6.16. The summed E-state index contributed by atoms with van der Waals surface area (Å²) in [5.74, 6) is 0.389. The largest absolute Gasteiger partial charge is 0.489 e. The van der Waals surface area contributed by atoms with Gasteiger partial charge in [0.25, 0.3) is 0 Å². The second-order valence-electron chi connectivity index (χ2n) is 4.21. The Kier molecular flexibility index (Phi) is 4.31. The molecule has 2 rings (SSSR count). The first-order chi connectivity index (χ1) is 9.19. The van der Waals surface area contributed by atoms with Gasteiger partial charge in [0.15, 0.2) is 0 Å². The van der Waals surface area contributed by atoms with E-state index in [1.165, 1.54) is 12.1 Å². The van der Waals surface area contributed by atoms with Crippen LogP contribution in [0.4, 0.5) is 4.39 Å². The Balaban J connectivity index is 2.05. The number of benzene rings is 2. The minimum absolute atomic E-state index is 0.0899. The summed E-state index contributed by atoms with van der Waals surface area (Å²) < 4.78 is 18.6. The van der Waals surface area contributed by atoms with Gasteiger partial charge >= 0.3 is 0 Å². The van der Waals surface area contributed by atoms with Crippen LogP contribution in [-0.4, -0.2) is 11.7 Å². The number of aliphatic hydroxyl groups excluding tert-OH is 1. The molecule has 19 heavy (non-hydrogen) atoms. The van der Waals surface area contributed by atoms with Crippen molar-refractivity contribution in [3.8, 4) is 5.75 Å². The molecular weight excluding hydrogens is 243 g/mol. The molecule has 3 heteroatoms. The predicted molar refractivity (Wildman–Crippen MR) is 73.3 cm³/mol. The van der Waals surface area contributed by atoms with Crippen molar-refractivity contribution in [2.75, 3.05) is 6.61 Å². The van der Waals surface area contributed by atoms with Crippen molar-refractivity contribution in [1.29, 1.82) is 0 Å². The minimum atomic E-state index is -0.275. The molecule has 0 aliphatic carbocycles. The van der Waals surface area contributed by atoms with E-state index in [0.29, 0.717) is 17.9 Å². The molecule has 98 valence electrons. The summed E-state index contributed by atoms with van der Waals surface area (Å²) >= 11 is 0. The monoisotopic (exact) mass is 258 g/mol. The summed E-state index contributed by atoms with van der Waals surface area (Å²) in [5, 5.41) is 9.04. The standard InChI is InChI=1S/C16H15FO2/c1-12(10-18)14-5-3-7-16(9-14)19-11-13-4-2-6-15(17)8-13/h2-9,18H,1,10-11H2. The molecule has 0 saturated carbocycles. The van der Waals surface area contributed by atoms with Crippen LogP contribution in [0, 0.1) is 5.82 Å². The smallest absolute Gasteiger partial charge is 0.123 e. The lowest BCUT2D eigenvalue weighted by Gasteiger charge is -2.09. The van der Waals surface area contributed by atoms with Gasteiger partial charge < -0.3 is 9.84 Å². The molecule has 0 amide bonds. The summed E-state index contributed by atoms with van der Waals surface area (Å²) in [7, 11) is 0. The summed E-state index contributed by atoms with van der Waals surface area (Å²) in [6, 6.07) is 13.6. The van der Waals surface area contributed by atoms with Gasteiger partial charge in [-0.1, -0.05) is 30.8 Å². The van der Waals surface area contributed by atoms with Crippen LogP contribution < -0.4 is 4.74 Å². The van der Waals surface area contributed by atoms with Crippen molar-refractivity contribution in [3.63, 3.8) is 0 Å². The van der Waals surface area contributed by atoms with Crippen LogP contribution in [-0.2, 0) is 6.61 Å². The van der Waals surface area contributed by atoms with Gasteiger partial charge in [0.1, 0.15) is 18.2 Å². The molecular formula is C16H15FO2. The van der Waals surface area contributed by atoms with E-state index < -0.39 is 0 Å². The SMILES string of the molecule is C=C(CO)c1cccc(OCc2cccc(F)c2)c1. The van der Waals surface area contributed by atoms with E-state index in [4.69, 9.17) is 9.84 Å². The lowest BCUT2D eigenvalue weighted by Crippen LogP contribution is -1.97. The molecule has 1 N–H and O–H groups in total. The summed E-state index contributed by atoms with van der Waals surface area (Å²) in [6.07, 6.45) is 0. The maximum absolute atomic E-state index is 13.0. The molecule has 0 heterocycles. The molecule has 0 fully saturated rings. The number of hydrogen-bond acceptors (Lipinski definition) is 2. The van der Waals surface area contributed by atoms with Gasteiger partial charge in [-0.2, -0.15) is 0 Å². The van der Waals surface area contributed by atoms with Gasteiger partial charge in [0, 0.05) is 0 Å². The fourth-order valence-corrected chi connectivity index (χ4v) is 1.69. The number of halogens is 1. The molecule has 2 aromatic rings. The zero-order valence-corrected chi connectivity index (χ0v) is 10.5. The molecule has 0 radical (unpaired) electrons. The topological polar surface area (TPSA) is 29.5 Å². The fraction of sp³-hybridized carbons (Fsp3) is 0.125. The highest BCUT2D eigenvalue weighted by Crippen LogP contribution is 2.19. The first kappa shape index (κ1) is 13.3. The Bertz CT molecular complexity index is 578. The lowest BCUT2D eigenvalue weighted by molar-refractivity contribution is 0.305. The van der Waals surface area contributed by atoms with Crippen molar-refractivity contribution in [3.05, 3.63) is 72.1 Å². The Hall–Kier alpha value is -2.13. The van der Waals surface area contributed by atoms with E-state index >= 15 is 0 Å². The van der Waals surface area contributed by atoms with E-state index in [9.17, 15) is 4.39 Å². The van der Waals surface area contributed by atoms with Crippen LogP contribution in [0.2, 0.25) is 0 Å². The summed E-state index contributed by atoms with van der Waals surface area (Å²) in [4.78, 5) is 0. The van der Waals surface area contributed by atoms with Crippen LogP contribution in [0.1, 0.15) is 11.1 Å². The van der Waals surface area contributed by atoms with Crippen LogP contribution in [0.5, 0.6) is 5.75 Å². The molecule has 0 bridgehead atoms. The predicted octanol–water partition coefficient (Wildman–Crippen LogP) is 3.41. The van der Waals surface area contributed by atoms with Crippen LogP contribution in [0.15, 0.2) is 55.1 Å². The summed E-state index contributed by atoms with van der Waals surface area (Å²) in [5.41, 5.74) is 2.24. The van der Waals surface area contributed by atoms with Gasteiger partial charge in [0.05, 0.1) is 6.61 Å². The van der Waals surface area contributed by atoms with Gasteiger partial charge in [0.2, 0.25) is 0 Å². The van der Waals surface area contributed by atoms with E-state index in [0.717, 1.165) is 11.1 Å². The summed E-state index contributed by atoms with van der Waals surface area (Å²) in [6.45, 7) is 3.97. The van der Waals surface area contributed by atoms with E-state index in [-0.39, 0.29) is 12.4 Å². The molecule has 0 unspecified atom stereocenters. The van der Waals surface area contributed by atoms with Gasteiger partial charge in [-0.05, 0) is 41.0 Å². The maximum Gasteiger partial charge on any atom is 0.123 e. The Labute approximate surface area is 111 Å². The van der Waals surface area contributed by atoms with E-state index in [2.05, 4.69) is 6.58 Å². The molecule has 0 atom stereocenters. The van der Waals surface area contributed by atoms with E-state index in [1.807, 2.05) is 18.2 Å². The first-order valence-corrected chi connectivity index (χ1v) is 5.95. The average Bonchev–Trinajstić information content (AvgIpc) is 2.45. The van der Waals surface area contributed by atoms with E-state index in [1.54, 1.807) is 18.2 Å². The van der Waals surface area contributed by atoms with Crippen molar-refractivity contribution in [1.82, 2.24) is 0 Å². The molecule has 2 aromatic carbocycles. The van der Waals surface area contributed by atoms with Crippen molar-refractivity contribution in [2.45, 2.75) is 6.61 Å². The third-order valence-corrected chi connectivity index (χ3v) is 2.73. The quantitative estimate of drug-likeness (QED) is 0.890. The van der Waals surface area contributed by atoms with Crippen molar-refractivity contribution < 1.29 is 14.2 Å². The van der Waals surface area contributed by atoms with Gasteiger partial charge in [-0.15, -0.1) is 0 Å². The van der Waals surface area contributed by atoms with Crippen molar-refractivity contribution in [2.24, 2.45) is 0 Å². The zero-order valence-electron chi connectivity index (χ0n) is 10.5. The van der Waals surface area contributed by atoms with Crippen LogP contribution in [0.25, 0.3) is 5.57 Å². The molecule has 0 saturated heterocycles. The molecule has 2 nitrogen and oxygen atoms in total. The second-order valence-corrected chi connectivity index (χ2v) is 4.21. The van der Waals surface area contributed by atoms with Gasteiger partial charge in [-0.25, -0.2) is 4.39 Å². The van der Waals surface area contributed by atoms with Gasteiger partial charge in [-0.3, -0.25) is 0 Å². The van der Waals surface area contributed by atoms with Crippen molar-refractivity contribution >= 4 is 5.57 Å². The molecule has 0 aromatic heterocycles. The zero-order chi connectivity index (χ0) is 13.7. The number of ether oxygens (including phenoxy) is 1. The van der Waals surface area contributed by atoms with Crippen LogP contribution in [0.3, 0.4) is 0 Å². The molecule has 0 aliphatic rings. The number of aliphatic hydroxyl groups is 1. The Morgan fingerprint density at radius 1 is 1.16 bits per heavy atom. The first-order valence-electron chi connectivity index (χ1n) is 5.95. The molecule has 0 aliphatic heterocycles. The lowest BCUT2D eigenvalue weighted by atomic mass is 10.1. The average molecular weight is 258 g/mol. The fourth-order valence-electron chi connectivity index (χ4n) is 1.69. The maximum atomic E-state index is 13.0. The Morgan fingerprint density at radius 3 is 2.68 bits per heavy atom. The third kappa shape index (κ3) is 3.66. The molecule has 0 spiro atoms. The minimum Gasteiger partial charge on any atom is -0.489 e. The normalized spacial score (nSPS) is 10.2. The Morgan fingerprint density at radius 2 is 1.95 bits per heavy atom. The number of rotatable bonds is 5. The highest BCUT2D eigenvalue weighted by molar-refractivity contribution is 5.65. The number of hydrogen-bond donors (Lipinski definition) is 1. The highest BCUT2D eigenvalue weighted by Gasteiger charge is 2.01. The highest BCUT2D eigenvalue weighted by atomic mass is 19.1. The van der Waals surface area contributed by atoms with Crippen LogP contribution >= 0.6 is 0 Å².